The number of aromatic nitrogens is 4. The summed E-state index contributed by atoms with van der Waals surface area (Å²) in [5, 5.41) is 10.4. The summed E-state index contributed by atoms with van der Waals surface area (Å²) in [6, 6.07) is 5.57. The van der Waals surface area contributed by atoms with Crippen LogP contribution in [0.25, 0.3) is 10.1 Å². The minimum Gasteiger partial charge on any atom is -0.323 e. The van der Waals surface area contributed by atoms with Gasteiger partial charge in [-0.1, -0.05) is 0 Å². The van der Waals surface area contributed by atoms with Crippen LogP contribution in [-0.2, 0) is 7.05 Å². The molecule has 0 spiro atoms. The van der Waals surface area contributed by atoms with Crippen LogP contribution < -0.4 is 11.0 Å². The highest BCUT2D eigenvalue weighted by molar-refractivity contribution is 7.13. The van der Waals surface area contributed by atoms with Gasteiger partial charge in [0.1, 0.15) is 5.82 Å². The zero-order chi connectivity index (χ0) is 16.0. The Balaban J connectivity index is 1.41. The maximum atomic E-state index is 12.2. The summed E-state index contributed by atoms with van der Waals surface area (Å²) < 4.78 is 6.64. The number of H-pyrrole nitrogens is 1. The fourth-order valence-corrected chi connectivity index (χ4v) is 3.36. The maximum Gasteiger partial charge on any atom is 0.343 e. The molecule has 0 aliphatic carbocycles. The molecule has 118 valence electrons. The Kier molecular flexibility index (Phi) is 3.15. The zero-order valence-corrected chi connectivity index (χ0v) is 13.1. The molecule has 0 saturated carbocycles. The number of fused-ring (bicyclic) bond motifs is 1. The Hall–Kier alpha value is -2.68. The number of hydrogen-bond donors (Lipinski definition) is 2. The summed E-state index contributed by atoms with van der Waals surface area (Å²) in [6.45, 7) is 1.10. The summed E-state index contributed by atoms with van der Waals surface area (Å²) >= 11 is 1.40. The van der Waals surface area contributed by atoms with Gasteiger partial charge in [0, 0.05) is 37.4 Å². The normalized spacial score (nSPS) is 14.9. The van der Waals surface area contributed by atoms with Gasteiger partial charge in [0.2, 0.25) is 0 Å². The molecule has 1 aliphatic rings. The van der Waals surface area contributed by atoms with E-state index in [0.29, 0.717) is 18.9 Å². The van der Waals surface area contributed by atoms with E-state index in [1.807, 2.05) is 18.2 Å². The Morgan fingerprint density at radius 1 is 1.43 bits per heavy atom. The number of carbonyl (C=O) groups is 1. The predicted octanol–water partition coefficient (Wildman–Crippen LogP) is 1.35. The van der Waals surface area contributed by atoms with Gasteiger partial charge in [0.25, 0.3) is 0 Å². The van der Waals surface area contributed by atoms with Crippen molar-refractivity contribution in [3.05, 3.63) is 40.7 Å². The Morgan fingerprint density at radius 2 is 2.26 bits per heavy atom. The molecule has 23 heavy (non-hydrogen) atoms. The molecule has 2 amide bonds. The van der Waals surface area contributed by atoms with Crippen molar-refractivity contribution in [3.63, 3.8) is 0 Å². The summed E-state index contributed by atoms with van der Waals surface area (Å²) in [5.41, 5.74) is 0.517. The van der Waals surface area contributed by atoms with Gasteiger partial charge in [0.05, 0.1) is 10.6 Å². The number of hydrogen-bond acceptors (Lipinski definition) is 5. The number of amides is 2. The van der Waals surface area contributed by atoms with E-state index in [2.05, 4.69) is 19.9 Å². The van der Waals surface area contributed by atoms with Crippen molar-refractivity contribution >= 4 is 33.3 Å². The van der Waals surface area contributed by atoms with Crippen molar-refractivity contribution in [2.45, 2.75) is 5.92 Å². The molecule has 4 rings (SSSR count). The fraction of sp³-hybridized carbons (Fsp3) is 0.286. The number of urea groups is 1. The Bertz CT molecular complexity index is 936. The number of likely N-dealkylation sites (tertiary alicyclic amines) is 1. The second kappa shape index (κ2) is 5.20. The van der Waals surface area contributed by atoms with E-state index < -0.39 is 0 Å². The smallest absolute Gasteiger partial charge is 0.323 e. The first kappa shape index (κ1) is 13.9. The van der Waals surface area contributed by atoms with Crippen molar-refractivity contribution in [1.82, 2.24) is 24.0 Å². The number of aromatic amines is 1. The van der Waals surface area contributed by atoms with E-state index in [-0.39, 0.29) is 17.6 Å². The van der Waals surface area contributed by atoms with Gasteiger partial charge in [-0.3, -0.25) is 4.57 Å². The topological polar surface area (TPSA) is 95.9 Å². The lowest BCUT2D eigenvalue weighted by Crippen LogP contribution is -2.51. The molecule has 2 N–H and O–H groups in total. The SMILES string of the molecule is Cn1c(C2CN(C(=O)Nc3ccc4cnsc4c3)C2)n[nH]c1=O. The third kappa shape index (κ3) is 2.38. The minimum absolute atomic E-state index is 0.0914. The number of anilines is 1. The van der Waals surface area contributed by atoms with E-state index in [4.69, 9.17) is 0 Å². The minimum atomic E-state index is -0.235. The van der Waals surface area contributed by atoms with Crippen molar-refractivity contribution in [1.29, 1.82) is 0 Å². The molecule has 1 aliphatic heterocycles. The number of benzene rings is 1. The second-order valence-corrected chi connectivity index (χ2v) is 6.39. The van der Waals surface area contributed by atoms with Crippen LogP contribution in [0.5, 0.6) is 0 Å². The van der Waals surface area contributed by atoms with Crippen LogP contribution in [0.4, 0.5) is 10.5 Å². The van der Waals surface area contributed by atoms with Gasteiger partial charge >= 0.3 is 11.7 Å². The average molecular weight is 330 g/mol. The van der Waals surface area contributed by atoms with Crippen LogP contribution in [0.2, 0.25) is 0 Å². The van der Waals surface area contributed by atoms with Crippen LogP contribution in [-0.4, -0.2) is 43.2 Å². The average Bonchev–Trinajstić information content (AvgIpc) is 3.06. The van der Waals surface area contributed by atoms with Crippen LogP contribution in [0.15, 0.2) is 29.2 Å². The molecule has 0 atom stereocenters. The Morgan fingerprint density at radius 3 is 3.00 bits per heavy atom. The molecule has 3 heterocycles. The largest absolute Gasteiger partial charge is 0.343 e. The molecule has 9 heteroatoms. The fourth-order valence-electron chi connectivity index (χ4n) is 2.67. The highest BCUT2D eigenvalue weighted by Gasteiger charge is 2.34. The first-order valence-corrected chi connectivity index (χ1v) is 7.91. The molecule has 3 aromatic rings. The van der Waals surface area contributed by atoms with Crippen LogP contribution in [0.3, 0.4) is 0 Å². The zero-order valence-electron chi connectivity index (χ0n) is 12.3. The van der Waals surface area contributed by atoms with Crippen molar-refractivity contribution < 1.29 is 4.79 Å². The molecule has 1 aromatic carbocycles. The van der Waals surface area contributed by atoms with Crippen molar-refractivity contribution in [3.8, 4) is 0 Å². The molecular weight excluding hydrogens is 316 g/mol. The number of carbonyl (C=O) groups excluding carboxylic acids is 1. The summed E-state index contributed by atoms with van der Waals surface area (Å²) in [5.74, 6) is 0.777. The highest BCUT2D eigenvalue weighted by Crippen LogP contribution is 2.26. The molecule has 1 saturated heterocycles. The quantitative estimate of drug-likeness (QED) is 0.741. The first-order chi connectivity index (χ1) is 11.1. The molecule has 0 unspecified atom stereocenters. The molecule has 2 aromatic heterocycles. The van der Waals surface area contributed by atoms with Crippen LogP contribution >= 0.6 is 11.5 Å². The third-order valence-corrected chi connectivity index (χ3v) is 4.82. The van der Waals surface area contributed by atoms with Crippen LogP contribution in [0, 0.1) is 0 Å². The maximum absolute atomic E-state index is 12.2. The molecule has 8 nitrogen and oxygen atoms in total. The predicted molar refractivity (Wildman–Crippen MR) is 86.8 cm³/mol. The molecule has 1 fully saturated rings. The van der Waals surface area contributed by atoms with Gasteiger partial charge < -0.3 is 10.2 Å². The van der Waals surface area contributed by atoms with Crippen molar-refractivity contribution in [2.75, 3.05) is 18.4 Å². The van der Waals surface area contributed by atoms with Gasteiger partial charge in [-0.25, -0.2) is 14.7 Å². The van der Waals surface area contributed by atoms with Gasteiger partial charge in [-0.15, -0.1) is 0 Å². The lowest BCUT2D eigenvalue weighted by molar-refractivity contribution is 0.159. The molecular formula is C14H14N6O2S. The van der Waals surface area contributed by atoms with Gasteiger partial charge in [-0.2, -0.15) is 9.47 Å². The number of nitrogens with zero attached hydrogens (tertiary/aromatic N) is 4. The third-order valence-electron chi connectivity index (χ3n) is 4.06. The number of rotatable bonds is 2. The van der Waals surface area contributed by atoms with E-state index in [9.17, 15) is 9.59 Å². The molecule has 0 radical (unpaired) electrons. The summed E-state index contributed by atoms with van der Waals surface area (Å²) in [4.78, 5) is 25.3. The second-order valence-electron chi connectivity index (χ2n) is 5.56. The van der Waals surface area contributed by atoms with Gasteiger partial charge in [0.15, 0.2) is 0 Å². The first-order valence-electron chi connectivity index (χ1n) is 7.13. The number of nitrogens with one attached hydrogen (secondary N) is 2. The lowest BCUT2D eigenvalue weighted by atomic mass is 10.00. The van der Waals surface area contributed by atoms with Crippen molar-refractivity contribution in [2.24, 2.45) is 7.05 Å². The highest BCUT2D eigenvalue weighted by atomic mass is 32.1. The van der Waals surface area contributed by atoms with E-state index >= 15 is 0 Å². The van der Waals surface area contributed by atoms with E-state index in [0.717, 1.165) is 15.8 Å². The summed E-state index contributed by atoms with van der Waals surface area (Å²) in [7, 11) is 1.67. The summed E-state index contributed by atoms with van der Waals surface area (Å²) in [6.07, 6.45) is 1.81. The molecule has 0 bridgehead atoms. The van der Waals surface area contributed by atoms with Gasteiger partial charge in [-0.05, 0) is 29.7 Å². The van der Waals surface area contributed by atoms with E-state index in [1.54, 1.807) is 18.1 Å². The van der Waals surface area contributed by atoms with Crippen LogP contribution in [0.1, 0.15) is 11.7 Å². The Labute approximate surface area is 134 Å². The van der Waals surface area contributed by atoms with E-state index in [1.165, 1.54) is 16.1 Å². The lowest BCUT2D eigenvalue weighted by Gasteiger charge is -2.38. The monoisotopic (exact) mass is 330 g/mol. The standard InChI is InChI=1S/C14H14N6O2S/c1-19-12(17-18-14(19)22)9-6-20(7-9)13(21)16-10-3-2-8-5-15-23-11(8)4-10/h2-5,9H,6-7H2,1H3,(H,16,21)(H,18,22).